The van der Waals surface area contributed by atoms with Crippen LogP contribution in [-0.2, 0) is 19.3 Å². The number of hydrogen-bond donors (Lipinski definition) is 0. The maximum atomic E-state index is 10.5. The first kappa shape index (κ1) is 17.3. The molecule has 1 heterocycles. The van der Waals surface area contributed by atoms with Gasteiger partial charge in [-0.2, -0.15) is 0 Å². The molecule has 0 atom stereocenters. The normalized spacial score (nSPS) is 12.8. The Morgan fingerprint density at radius 1 is 1.38 bits per heavy atom. The van der Waals surface area contributed by atoms with Crippen LogP contribution in [0.4, 0.5) is 0 Å². The van der Waals surface area contributed by atoms with Gasteiger partial charge in [-0.1, -0.05) is 5.23 Å². The van der Waals surface area contributed by atoms with E-state index in [2.05, 4.69) is 14.7 Å². The zero-order valence-electron chi connectivity index (χ0n) is 9.59. The van der Waals surface area contributed by atoms with Gasteiger partial charge in [-0.05, 0) is 13.0 Å². The molecule has 92 valence electrons. The van der Waals surface area contributed by atoms with Crippen LogP contribution in [-0.4, -0.2) is 44.4 Å². The van der Waals surface area contributed by atoms with E-state index >= 15 is 0 Å². The van der Waals surface area contributed by atoms with Crippen molar-refractivity contribution in [3.8, 4) is 0 Å². The van der Waals surface area contributed by atoms with Crippen molar-refractivity contribution in [2.24, 2.45) is 4.99 Å². The van der Waals surface area contributed by atoms with Crippen LogP contribution in [0.1, 0.15) is 6.92 Å². The summed E-state index contributed by atoms with van der Waals surface area (Å²) in [6.07, 6.45) is 2.75. The van der Waals surface area contributed by atoms with E-state index in [0.717, 1.165) is 0 Å². The predicted molar refractivity (Wildman–Crippen MR) is 61.3 cm³/mol. The number of hydroxylamine groups is 2. The third kappa shape index (κ3) is 6.41. The van der Waals surface area contributed by atoms with Gasteiger partial charge in [-0.3, -0.25) is 19.3 Å². The SMILES string of the molecule is CC(=O)C1=CC=NC1=O.CON(C)OC.Cl. The second-order valence-electron chi connectivity index (χ2n) is 2.52. The monoisotopic (exact) mass is 250 g/mol. The minimum absolute atomic E-state index is 0. The van der Waals surface area contributed by atoms with Crippen molar-refractivity contribution in [1.82, 2.24) is 5.23 Å². The third-order valence-electron chi connectivity index (χ3n) is 1.56. The molecule has 0 fully saturated rings. The molecule has 0 spiro atoms. The van der Waals surface area contributed by atoms with Crippen molar-refractivity contribution in [2.45, 2.75) is 6.92 Å². The number of Topliss-reactive ketones (excluding diaryl/α,β-unsaturated/α-hetero) is 1. The summed E-state index contributed by atoms with van der Waals surface area (Å²) in [6, 6.07) is 0. The Hall–Kier alpha value is -1.08. The van der Waals surface area contributed by atoms with Crippen LogP contribution >= 0.6 is 12.4 Å². The minimum atomic E-state index is -0.428. The van der Waals surface area contributed by atoms with Gasteiger partial charge in [0.1, 0.15) is 0 Å². The lowest BCUT2D eigenvalue weighted by Crippen LogP contribution is -2.13. The number of rotatable bonds is 3. The fourth-order valence-electron chi connectivity index (χ4n) is 0.663. The largest absolute Gasteiger partial charge is 0.294 e. The van der Waals surface area contributed by atoms with Crippen molar-refractivity contribution in [3.05, 3.63) is 11.6 Å². The molecule has 7 heteroatoms. The summed E-state index contributed by atoms with van der Waals surface area (Å²) in [4.78, 5) is 33.4. The number of aliphatic imine (C=N–C) groups is 1. The summed E-state index contributed by atoms with van der Waals surface area (Å²) in [5.41, 5.74) is 0.176. The summed E-state index contributed by atoms with van der Waals surface area (Å²) in [6.45, 7) is 1.35. The Balaban J connectivity index is 0. The minimum Gasteiger partial charge on any atom is -0.294 e. The smallest absolute Gasteiger partial charge is 0.280 e. The summed E-state index contributed by atoms with van der Waals surface area (Å²) in [5.74, 6) is -0.653. The fraction of sp³-hybridized carbons (Fsp3) is 0.444. The number of carbonyl (C=O) groups excluding carboxylic acids is 2. The van der Waals surface area contributed by atoms with Gasteiger partial charge in [0.05, 0.1) is 19.8 Å². The molecule has 0 aromatic heterocycles. The lowest BCUT2D eigenvalue weighted by atomic mass is 10.2. The molecule has 1 amide bonds. The van der Waals surface area contributed by atoms with Gasteiger partial charge in [0, 0.05) is 13.3 Å². The molecule has 0 saturated heterocycles. The van der Waals surface area contributed by atoms with E-state index in [1.807, 2.05) is 0 Å². The zero-order valence-corrected chi connectivity index (χ0v) is 10.4. The molecule has 0 unspecified atom stereocenters. The molecule has 0 aromatic rings. The molecule has 6 nitrogen and oxygen atoms in total. The van der Waals surface area contributed by atoms with Crippen LogP contribution in [0.3, 0.4) is 0 Å². The van der Waals surface area contributed by atoms with E-state index in [1.165, 1.54) is 38.7 Å². The van der Waals surface area contributed by atoms with Crippen LogP contribution in [0.25, 0.3) is 0 Å². The van der Waals surface area contributed by atoms with Crippen LogP contribution in [0.2, 0.25) is 0 Å². The molecule has 0 aliphatic carbocycles. The van der Waals surface area contributed by atoms with Gasteiger partial charge in [-0.15, -0.1) is 12.4 Å². The average molecular weight is 251 g/mol. The molecule has 1 rings (SSSR count). The van der Waals surface area contributed by atoms with Crippen LogP contribution < -0.4 is 0 Å². The van der Waals surface area contributed by atoms with Gasteiger partial charge in [-0.25, -0.2) is 4.99 Å². The molecule has 0 N–H and O–H groups in total. The van der Waals surface area contributed by atoms with Crippen LogP contribution in [0.5, 0.6) is 0 Å². The first-order valence-electron chi connectivity index (χ1n) is 4.14. The third-order valence-corrected chi connectivity index (χ3v) is 1.56. The summed E-state index contributed by atoms with van der Waals surface area (Å²) >= 11 is 0. The fourth-order valence-corrected chi connectivity index (χ4v) is 0.663. The predicted octanol–water partition coefficient (Wildman–Crippen LogP) is 0.576. The average Bonchev–Trinajstić information content (AvgIpc) is 2.64. The maximum absolute atomic E-state index is 10.5. The van der Waals surface area contributed by atoms with Crippen LogP contribution in [0, 0.1) is 0 Å². The van der Waals surface area contributed by atoms with Crippen molar-refractivity contribution < 1.29 is 19.3 Å². The van der Waals surface area contributed by atoms with Crippen molar-refractivity contribution >= 4 is 30.3 Å². The Labute approximate surface area is 100 Å². The molecule has 0 saturated carbocycles. The van der Waals surface area contributed by atoms with E-state index in [4.69, 9.17) is 0 Å². The van der Waals surface area contributed by atoms with Gasteiger partial charge in [0.15, 0.2) is 5.78 Å². The van der Waals surface area contributed by atoms with Crippen molar-refractivity contribution in [1.29, 1.82) is 0 Å². The Morgan fingerprint density at radius 3 is 2.00 bits per heavy atom. The summed E-state index contributed by atoms with van der Waals surface area (Å²) in [5, 5.41) is 1.25. The number of carbonyl (C=O) groups is 2. The summed E-state index contributed by atoms with van der Waals surface area (Å²) in [7, 11) is 4.73. The number of hydrogen-bond acceptors (Lipinski definition) is 5. The Kier molecular flexibility index (Phi) is 9.92. The molecule has 0 bridgehead atoms. The molecule has 1 aliphatic rings. The molecular weight excluding hydrogens is 236 g/mol. The number of allylic oxidation sites excluding steroid dienone is 1. The first-order valence-corrected chi connectivity index (χ1v) is 4.14. The zero-order chi connectivity index (χ0) is 11.8. The number of amides is 1. The van der Waals surface area contributed by atoms with Gasteiger partial charge < -0.3 is 0 Å². The van der Waals surface area contributed by atoms with E-state index in [0.29, 0.717) is 0 Å². The number of halogens is 1. The maximum Gasteiger partial charge on any atom is 0.280 e. The van der Waals surface area contributed by atoms with Gasteiger partial charge in [0.25, 0.3) is 5.91 Å². The molecular formula is C9H15ClN2O4. The number of nitrogens with zero attached hydrogens (tertiary/aromatic N) is 2. The Bertz CT molecular complexity index is 298. The van der Waals surface area contributed by atoms with Crippen molar-refractivity contribution in [2.75, 3.05) is 21.3 Å². The van der Waals surface area contributed by atoms with E-state index in [1.54, 1.807) is 7.05 Å². The van der Waals surface area contributed by atoms with Crippen LogP contribution in [0.15, 0.2) is 16.6 Å². The highest BCUT2D eigenvalue weighted by Crippen LogP contribution is 2.02. The van der Waals surface area contributed by atoms with E-state index in [-0.39, 0.29) is 23.8 Å². The highest BCUT2D eigenvalue weighted by atomic mass is 35.5. The first-order chi connectivity index (χ1) is 7.02. The van der Waals surface area contributed by atoms with Crippen molar-refractivity contribution in [3.63, 3.8) is 0 Å². The van der Waals surface area contributed by atoms with Gasteiger partial charge >= 0.3 is 0 Å². The van der Waals surface area contributed by atoms with E-state index < -0.39 is 5.91 Å². The molecule has 16 heavy (non-hydrogen) atoms. The highest BCUT2D eigenvalue weighted by Gasteiger charge is 2.14. The second kappa shape index (κ2) is 9.17. The topological polar surface area (TPSA) is 68.2 Å². The number of ketones is 1. The standard InChI is InChI=1S/C6H5NO2.C3H9NO2.ClH/c1-4(8)5-2-3-7-6(5)9;1-4(5-2)6-3;/h2-3H,1H3;1-3H3;1H. The van der Waals surface area contributed by atoms with Gasteiger partial charge in [0.2, 0.25) is 0 Å². The van der Waals surface area contributed by atoms with E-state index in [9.17, 15) is 9.59 Å². The lowest BCUT2D eigenvalue weighted by Gasteiger charge is -2.06. The quantitative estimate of drug-likeness (QED) is 0.541. The molecule has 0 aromatic carbocycles. The Morgan fingerprint density at radius 2 is 1.88 bits per heavy atom. The summed E-state index contributed by atoms with van der Waals surface area (Å²) < 4.78 is 0. The lowest BCUT2D eigenvalue weighted by molar-refractivity contribution is -0.325. The highest BCUT2D eigenvalue weighted by molar-refractivity contribution is 6.25. The second-order valence-corrected chi connectivity index (χ2v) is 2.52. The molecule has 1 aliphatic heterocycles. The molecule has 0 radical (unpaired) electrons.